The number of thiazole rings is 1. The van der Waals surface area contributed by atoms with Gasteiger partial charge in [0.25, 0.3) is 0 Å². The lowest BCUT2D eigenvalue weighted by atomic mass is 9.98. The average Bonchev–Trinajstić information content (AvgIpc) is 3.06. The van der Waals surface area contributed by atoms with E-state index in [9.17, 15) is 4.79 Å². The first-order chi connectivity index (χ1) is 10.6. The number of nitrogens with zero attached hydrogens (tertiary/aromatic N) is 3. The van der Waals surface area contributed by atoms with Gasteiger partial charge in [0.1, 0.15) is 0 Å². The van der Waals surface area contributed by atoms with Crippen LogP contribution in [0.4, 0.5) is 5.13 Å². The van der Waals surface area contributed by atoms with Crippen LogP contribution in [-0.4, -0.2) is 47.5 Å². The highest BCUT2D eigenvalue weighted by molar-refractivity contribution is 7.14. The van der Waals surface area contributed by atoms with Gasteiger partial charge in [-0.05, 0) is 39.7 Å². The lowest BCUT2D eigenvalue weighted by molar-refractivity contribution is -0.116. The number of amides is 1. The van der Waals surface area contributed by atoms with Crippen LogP contribution in [0.25, 0.3) is 0 Å². The number of aromatic nitrogens is 1. The van der Waals surface area contributed by atoms with E-state index in [-0.39, 0.29) is 5.91 Å². The third-order valence-electron chi connectivity index (χ3n) is 4.95. The summed E-state index contributed by atoms with van der Waals surface area (Å²) in [6.07, 6.45) is 5.16. The number of anilines is 1. The van der Waals surface area contributed by atoms with Crippen LogP contribution in [0.2, 0.25) is 0 Å². The van der Waals surface area contributed by atoms with Crippen molar-refractivity contribution in [2.24, 2.45) is 0 Å². The normalized spacial score (nSPS) is 27.4. The molecule has 2 fully saturated rings. The van der Waals surface area contributed by atoms with Gasteiger partial charge in [-0.3, -0.25) is 14.6 Å². The van der Waals surface area contributed by atoms with Gasteiger partial charge in [0.15, 0.2) is 5.13 Å². The summed E-state index contributed by atoms with van der Waals surface area (Å²) < 4.78 is 0. The van der Waals surface area contributed by atoms with E-state index < -0.39 is 0 Å². The lowest BCUT2D eigenvalue weighted by Gasteiger charge is -2.35. The number of carbonyl (C=O) groups excluding carboxylic acids is 1. The van der Waals surface area contributed by atoms with Crippen molar-refractivity contribution in [2.75, 3.05) is 18.5 Å². The maximum Gasteiger partial charge on any atom is 0.225 e. The van der Waals surface area contributed by atoms with Crippen molar-refractivity contribution in [3.63, 3.8) is 0 Å². The van der Waals surface area contributed by atoms with Crippen LogP contribution < -0.4 is 10.2 Å². The van der Waals surface area contributed by atoms with Crippen molar-refractivity contribution in [3.05, 3.63) is 11.1 Å². The van der Waals surface area contributed by atoms with Crippen LogP contribution in [0.1, 0.15) is 45.2 Å². The quantitative estimate of drug-likeness (QED) is 0.903. The Kier molecular flexibility index (Phi) is 4.80. The zero-order valence-corrected chi connectivity index (χ0v) is 14.5. The highest BCUT2D eigenvalue weighted by atomic mass is 32.1. The molecule has 3 rings (SSSR count). The van der Waals surface area contributed by atoms with E-state index in [1.807, 2.05) is 6.92 Å². The smallest absolute Gasteiger partial charge is 0.225 e. The molecular formula is C16H26N4OS. The minimum Gasteiger partial charge on any atom is -0.311 e. The summed E-state index contributed by atoms with van der Waals surface area (Å²) in [5.41, 5.74) is 1.08. The fourth-order valence-electron chi connectivity index (χ4n) is 3.76. The van der Waals surface area contributed by atoms with E-state index >= 15 is 0 Å². The van der Waals surface area contributed by atoms with Gasteiger partial charge < -0.3 is 5.32 Å². The van der Waals surface area contributed by atoms with Gasteiger partial charge in [0.05, 0.1) is 5.69 Å². The van der Waals surface area contributed by atoms with Crippen LogP contribution >= 0.6 is 11.3 Å². The zero-order chi connectivity index (χ0) is 15.7. The fraction of sp³-hybridized carbons (Fsp3) is 0.750. The second kappa shape index (κ2) is 6.64. The van der Waals surface area contributed by atoms with Crippen LogP contribution in [0.15, 0.2) is 5.38 Å². The van der Waals surface area contributed by atoms with Gasteiger partial charge in [-0.15, -0.1) is 11.3 Å². The Morgan fingerprint density at radius 1 is 1.41 bits per heavy atom. The molecular weight excluding hydrogens is 296 g/mol. The minimum absolute atomic E-state index is 0.0617. The zero-order valence-electron chi connectivity index (χ0n) is 13.7. The van der Waals surface area contributed by atoms with Crippen LogP contribution in [0, 0.1) is 0 Å². The number of rotatable bonds is 5. The van der Waals surface area contributed by atoms with Gasteiger partial charge in [0, 0.05) is 43.5 Å². The Bertz CT molecular complexity index is 520. The summed E-state index contributed by atoms with van der Waals surface area (Å²) in [4.78, 5) is 20.4. The molecule has 5 nitrogen and oxygen atoms in total. The Labute approximate surface area is 136 Å². The topological polar surface area (TPSA) is 48.5 Å². The van der Waals surface area contributed by atoms with Crippen molar-refractivity contribution in [3.8, 4) is 0 Å². The molecule has 6 heteroatoms. The van der Waals surface area contributed by atoms with Crippen molar-refractivity contribution in [2.45, 2.75) is 64.2 Å². The first kappa shape index (κ1) is 15.9. The minimum atomic E-state index is 0.0617. The molecule has 1 amide bonds. The van der Waals surface area contributed by atoms with E-state index in [4.69, 9.17) is 0 Å². The third kappa shape index (κ3) is 3.34. The van der Waals surface area contributed by atoms with Crippen LogP contribution in [0.3, 0.4) is 0 Å². The maximum atomic E-state index is 11.6. The van der Waals surface area contributed by atoms with Gasteiger partial charge in [0.2, 0.25) is 5.91 Å². The van der Waals surface area contributed by atoms with Gasteiger partial charge in [-0.25, -0.2) is 4.98 Å². The number of hydrogen-bond donors (Lipinski definition) is 1. The first-order valence-corrected chi connectivity index (χ1v) is 9.13. The van der Waals surface area contributed by atoms with Crippen molar-refractivity contribution < 1.29 is 4.79 Å². The SMILES string of the molecule is CCN(C(C)=O)c1nc(CN(C)C2CC3CCC(C2)N3)cs1. The molecule has 0 aliphatic carbocycles. The van der Waals surface area contributed by atoms with Crippen molar-refractivity contribution in [1.29, 1.82) is 0 Å². The molecule has 2 aliphatic heterocycles. The number of carbonyl (C=O) groups is 1. The molecule has 0 aromatic carbocycles. The molecule has 2 saturated heterocycles. The summed E-state index contributed by atoms with van der Waals surface area (Å²) in [7, 11) is 2.21. The Hall–Kier alpha value is -0.980. The van der Waals surface area contributed by atoms with Gasteiger partial charge >= 0.3 is 0 Å². The van der Waals surface area contributed by atoms with Crippen LogP contribution in [0.5, 0.6) is 0 Å². The number of nitrogens with one attached hydrogen (secondary N) is 1. The Morgan fingerprint density at radius 3 is 2.68 bits per heavy atom. The van der Waals surface area contributed by atoms with E-state index in [1.54, 1.807) is 23.2 Å². The molecule has 22 heavy (non-hydrogen) atoms. The highest BCUT2D eigenvalue weighted by Gasteiger charge is 2.35. The second-order valence-corrected chi connectivity index (χ2v) is 7.40. The summed E-state index contributed by atoms with van der Waals surface area (Å²) in [6.45, 7) is 5.13. The molecule has 2 unspecified atom stereocenters. The maximum absolute atomic E-state index is 11.6. The largest absolute Gasteiger partial charge is 0.311 e. The summed E-state index contributed by atoms with van der Waals surface area (Å²) >= 11 is 1.57. The fourth-order valence-corrected chi connectivity index (χ4v) is 4.68. The number of fused-ring (bicyclic) bond motifs is 2. The molecule has 1 N–H and O–H groups in total. The van der Waals surface area contributed by atoms with E-state index in [2.05, 4.69) is 27.6 Å². The molecule has 0 radical (unpaired) electrons. The van der Waals surface area contributed by atoms with Gasteiger partial charge in [-0.1, -0.05) is 0 Å². The molecule has 0 saturated carbocycles. The average molecular weight is 322 g/mol. The summed E-state index contributed by atoms with van der Waals surface area (Å²) in [5.74, 6) is 0.0617. The second-order valence-electron chi connectivity index (χ2n) is 6.56. The molecule has 2 bridgehead atoms. The predicted molar refractivity (Wildman–Crippen MR) is 90.2 cm³/mol. The van der Waals surface area contributed by atoms with Crippen molar-refractivity contribution in [1.82, 2.24) is 15.2 Å². The van der Waals surface area contributed by atoms with Gasteiger partial charge in [-0.2, -0.15) is 0 Å². The lowest BCUT2D eigenvalue weighted by Crippen LogP contribution is -2.46. The molecule has 1 aromatic rings. The number of piperidine rings is 1. The monoisotopic (exact) mass is 322 g/mol. The van der Waals surface area contributed by atoms with E-state index in [0.29, 0.717) is 24.7 Å². The molecule has 2 atom stereocenters. The Morgan fingerprint density at radius 2 is 2.09 bits per heavy atom. The first-order valence-electron chi connectivity index (χ1n) is 8.25. The standard InChI is InChI=1S/C16H26N4OS/c1-4-20(11(2)21)16-18-14(10-22-16)9-19(3)15-7-12-5-6-13(8-15)17-12/h10,12-13,15,17H,4-9H2,1-3H3. The van der Waals surface area contributed by atoms with Crippen molar-refractivity contribution >= 4 is 22.4 Å². The van der Waals surface area contributed by atoms with E-state index in [1.165, 1.54) is 25.7 Å². The molecule has 122 valence electrons. The molecule has 0 spiro atoms. The van der Waals surface area contributed by atoms with Crippen LogP contribution in [-0.2, 0) is 11.3 Å². The molecule has 2 aliphatic rings. The summed E-state index contributed by atoms with van der Waals surface area (Å²) in [5, 5.41) is 6.61. The van der Waals surface area contributed by atoms with E-state index in [0.717, 1.165) is 17.4 Å². The third-order valence-corrected chi connectivity index (χ3v) is 5.86. The summed E-state index contributed by atoms with van der Waals surface area (Å²) in [6, 6.07) is 2.08. The molecule has 3 heterocycles. The predicted octanol–water partition coefficient (Wildman–Crippen LogP) is 2.23. The number of hydrogen-bond acceptors (Lipinski definition) is 5. The molecule has 1 aromatic heterocycles. The highest BCUT2D eigenvalue weighted by Crippen LogP contribution is 2.30. The Balaban J connectivity index is 1.61.